The Balaban J connectivity index is 1.85. The van der Waals surface area contributed by atoms with Crippen molar-refractivity contribution in [1.82, 2.24) is 15.2 Å². The highest BCUT2D eigenvalue weighted by Gasteiger charge is 2.49. The molecule has 1 aliphatic heterocycles. The third kappa shape index (κ3) is 2.55. The zero-order chi connectivity index (χ0) is 16.6. The number of rotatable bonds is 4. The molecular weight excluding hydrogens is 320 g/mol. The van der Waals surface area contributed by atoms with Crippen LogP contribution in [-0.2, 0) is 16.9 Å². The van der Waals surface area contributed by atoms with Crippen LogP contribution < -0.4 is 5.32 Å². The van der Waals surface area contributed by atoms with E-state index in [4.69, 9.17) is 0 Å². The summed E-state index contributed by atoms with van der Waals surface area (Å²) in [5.41, 5.74) is -0.257. The summed E-state index contributed by atoms with van der Waals surface area (Å²) in [6, 6.07) is 5.93. The number of imide groups is 1. The minimum Gasteiger partial charge on any atom is -0.318 e. The second-order valence-corrected chi connectivity index (χ2v) is 6.10. The minimum absolute atomic E-state index is 0.0164. The van der Waals surface area contributed by atoms with Crippen molar-refractivity contribution >= 4 is 28.3 Å². The van der Waals surface area contributed by atoms with Crippen LogP contribution in [-0.4, -0.2) is 26.7 Å². The molecule has 0 bridgehead atoms. The van der Waals surface area contributed by atoms with E-state index in [-0.39, 0.29) is 11.5 Å². The zero-order valence-electron chi connectivity index (χ0n) is 12.1. The Morgan fingerprint density at radius 1 is 1.43 bits per heavy atom. The summed E-state index contributed by atoms with van der Waals surface area (Å²) >= 11 is 0.959. The molecule has 3 rings (SSSR count). The Hall–Kier alpha value is -2.81. The predicted molar refractivity (Wildman–Crippen MR) is 81.6 cm³/mol. The Morgan fingerprint density at radius 2 is 2.22 bits per heavy atom. The average Bonchev–Trinajstić information content (AvgIpc) is 3.08. The average molecular weight is 332 g/mol. The van der Waals surface area contributed by atoms with E-state index in [9.17, 15) is 19.7 Å². The van der Waals surface area contributed by atoms with Crippen LogP contribution in [0.2, 0.25) is 0 Å². The van der Waals surface area contributed by atoms with E-state index < -0.39 is 22.4 Å². The molecule has 0 aromatic carbocycles. The first-order valence-corrected chi connectivity index (χ1v) is 7.57. The number of amides is 3. The van der Waals surface area contributed by atoms with Gasteiger partial charge in [-0.3, -0.25) is 24.8 Å². The molecule has 1 aliphatic rings. The lowest BCUT2D eigenvalue weighted by molar-refractivity contribution is -0.380. The number of nitrogens with one attached hydrogen (secondary N) is 1. The van der Waals surface area contributed by atoms with Crippen LogP contribution in [0.15, 0.2) is 35.8 Å². The maximum Gasteiger partial charge on any atom is 0.325 e. The molecular formula is C14H12N4O4S. The smallest absolute Gasteiger partial charge is 0.318 e. The summed E-state index contributed by atoms with van der Waals surface area (Å²) < 4.78 is 0. The van der Waals surface area contributed by atoms with E-state index in [1.165, 1.54) is 6.07 Å². The van der Waals surface area contributed by atoms with E-state index in [2.05, 4.69) is 10.3 Å². The van der Waals surface area contributed by atoms with Gasteiger partial charge in [-0.2, -0.15) is 0 Å². The van der Waals surface area contributed by atoms with Gasteiger partial charge in [0.05, 0.1) is 17.2 Å². The maximum absolute atomic E-state index is 12.7. The summed E-state index contributed by atoms with van der Waals surface area (Å²) in [6.07, 6.45) is 1.55. The van der Waals surface area contributed by atoms with Gasteiger partial charge in [-0.05, 0) is 24.6 Å². The number of hydrogen-bond acceptors (Lipinski definition) is 6. The standard InChI is InChI=1S/C14H12N4O4S/c1-14(10-4-2-3-5-15-10)12(19)17(13(20)16-14)7-9-6-11(18(21)22)23-8-9/h2-6,8H,7H2,1H3,(H,16,20). The molecule has 2 aromatic heterocycles. The molecule has 1 N–H and O–H groups in total. The van der Waals surface area contributed by atoms with Crippen molar-refractivity contribution in [3.8, 4) is 0 Å². The number of carbonyl (C=O) groups is 2. The summed E-state index contributed by atoms with van der Waals surface area (Å²) in [6.45, 7) is 1.57. The van der Waals surface area contributed by atoms with Gasteiger partial charge < -0.3 is 5.32 Å². The number of carbonyl (C=O) groups excluding carboxylic acids is 2. The van der Waals surface area contributed by atoms with Crippen LogP contribution in [0.5, 0.6) is 0 Å². The quantitative estimate of drug-likeness (QED) is 0.524. The Bertz CT molecular complexity index is 791. The van der Waals surface area contributed by atoms with Crippen molar-refractivity contribution in [2.45, 2.75) is 19.0 Å². The molecule has 0 spiro atoms. The van der Waals surface area contributed by atoms with Crippen LogP contribution in [0.3, 0.4) is 0 Å². The summed E-state index contributed by atoms with van der Waals surface area (Å²) in [5.74, 6) is -0.435. The fourth-order valence-electron chi connectivity index (χ4n) is 2.40. The van der Waals surface area contributed by atoms with Gasteiger partial charge in [-0.1, -0.05) is 17.4 Å². The monoisotopic (exact) mass is 332 g/mol. The van der Waals surface area contributed by atoms with Crippen molar-refractivity contribution in [2.75, 3.05) is 0 Å². The highest BCUT2D eigenvalue weighted by molar-refractivity contribution is 7.13. The molecule has 23 heavy (non-hydrogen) atoms. The second kappa shape index (κ2) is 5.43. The number of hydrogen-bond donors (Lipinski definition) is 1. The lowest BCUT2D eigenvalue weighted by atomic mass is 9.97. The number of nitrogens with zero attached hydrogens (tertiary/aromatic N) is 3. The molecule has 0 aliphatic carbocycles. The van der Waals surface area contributed by atoms with Crippen molar-refractivity contribution in [2.24, 2.45) is 0 Å². The number of nitro groups is 1. The molecule has 1 saturated heterocycles. The van der Waals surface area contributed by atoms with E-state index in [1.807, 2.05) is 0 Å². The minimum atomic E-state index is -1.24. The Kier molecular flexibility index (Phi) is 3.57. The van der Waals surface area contributed by atoms with Gasteiger partial charge in [0, 0.05) is 17.6 Å². The first-order chi connectivity index (χ1) is 10.9. The SMILES string of the molecule is CC1(c2ccccn2)NC(=O)N(Cc2csc([N+](=O)[O-])c2)C1=O. The summed E-state index contributed by atoms with van der Waals surface area (Å²) in [5, 5.41) is 14.9. The summed E-state index contributed by atoms with van der Waals surface area (Å²) in [7, 11) is 0. The fourth-order valence-corrected chi connectivity index (χ4v) is 3.12. The number of thiophene rings is 1. The largest absolute Gasteiger partial charge is 0.325 e. The van der Waals surface area contributed by atoms with Gasteiger partial charge in [-0.15, -0.1) is 0 Å². The fraction of sp³-hybridized carbons (Fsp3) is 0.214. The number of pyridine rings is 1. The molecule has 1 unspecified atom stereocenters. The van der Waals surface area contributed by atoms with Crippen LogP contribution in [0.25, 0.3) is 0 Å². The van der Waals surface area contributed by atoms with Gasteiger partial charge in [0.1, 0.15) is 0 Å². The van der Waals surface area contributed by atoms with E-state index in [1.54, 1.807) is 36.7 Å². The molecule has 118 valence electrons. The summed E-state index contributed by atoms with van der Waals surface area (Å²) in [4.78, 5) is 40.2. The molecule has 2 aromatic rings. The van der Waals surface area contributed by atoms with E-state index in [0.29, 0.717) is 11.3 Å². The molecule has 8 nitrogen and oxygen atoms in total. The van der Waals surface area contributed by atoms with Gasteiger partial charge in [0.25, 0.3) is 5.91 Å². The molecule has 0 radical (unpaired) electrons. The highest BCUT2D eigenvalue weighted by Crippen LogP contribution is 2.30. The van der Waals surface area contributed by atoms with E-state index >= 15 is 0 Å². The molecule has 9 heteroatoms. The van der Waals surface area contributed by atoms with Crippen LogP contribution in [0, 0.1) is 10.1 Å². The van der Waals surface area contributed by atoms with Crippen molar-refractivity contribution in [1.29, 1.82) is 0 Å². The van der Waals surface area contributed by atoms with Gasteiger partial charge in [-0.25, -0.2) is 4.79 Å². The Morgan fingerprint density at radius 3 is 2.83 bits per heavy atom. The molecule has 1 fully saturated rings. The number of urea groups is 1. The normalized spacial score (nSPS) is 20.7. The predicted octanol–water partition coefficient (Wildman–Crippen LogP) is 2.02. The Labute approximate surface area is 134 Å². The third-order valence-corrected chi connectivity index (χ3v) is 4.54. The van der Waals surface area contributed by atoms with Gasteiger partial charge in [0.15, 0.2) is 5.54 Å². The van der Waals surface area contributed by atoms with E-state index in [0.717, 1.165) is 16.2 Å². The molecule has 3 heterocycles. The van der Waals surface area contributed by atoms with Gasteiger partial charge in [0.2, 0.25) is 0 Å². The van der Waals surface area contributed by atoms with Crippen molar-refractivity contribution in [3.63, 3.8) is 0 Å². The second-order valence-electron chi connectivity index (χ2n) is 5.21. The lowest BCUT2D eigenvalue weighted by Crippen LogP contribution is -2.41. The van der Waals surface area contributed by atoms with Gasteiger partial charge >= 0.3 is 11.0 Å². The van der Waals surface area contributed by atoms with Crippen LogP contribution in [0.1, 0.15) is 18.2 Å². The van der Waals surface area contributed by atoms with Crippen molar-refractivity contribution in [3.05, 3.63) is 57.2 Å². The van der Waals surface area contributed by atoms with Crippen LogP contribution in [0.4, 0.5) is 9.80 Å². The number of aromatic nitrogens is 1. The zero-order valence-corrected chi connectivity index (χ0v) is 12.9. The molecule has 1 atom stereocenters. The molecule has 0 saturated carbocycles. The molecule has 3 amide bonds. The maximum atomic E-state index is 12.7. The highest BCUT2D eigenvalue weighted by atomic mass is 32.1. The van der Waals surface area contributed by atoms with Crippen molar-refractivity contribution < 1.29 is 14.5 Å². The topological polar surface area (TPSA) is 105 Å². The first kappa shape index (κ1) is 15.1. The lowest BCUT2D eigenvalue weighted by Gasteiger charge is -2.20. The first-order valence-electron chi connectivity index (χ1n) is 6.69. The third-order valence-electron chi connectivity index (χ3n) is 3.61. The van der Waals surface area contributed by atoms with Crippen LogP contribution >= 0.6 is 11.3 Å².